The van der Waals surface area contributed by atoms with Crippen molar-refractivity contribution in [2.75, 3.05) is 13.1 Å². The summed E-state index contributed by atoms with van der Waals surface area (Å²) in [5.74, 6) is -1.30. The van der Waals surface area contributed by atoms with Crippen molar-refractivity contribution >= 4 is 23.2 Å². The number of carbonyl (C=O) groups excluding carboxylic acids is 1. The van der Waals surface area contributed by atoms with E-state index in [2.05, 4.69) is 4.98 Å². The van der Waals surface area contributed by atoms with E-state index >= 15 is 0 Å². The number of benzene rings is 1. The zero-order valence-electron chi connectivity index (χ0n) is 11.9. The van der Waals surface area contributed by atoms with Gasteiger partial charge in [-0.3, -0.25) is 9.59 Å². The number of thiazole rings is 1. The fourth-order valence-corrected chi connectivity index (χ4v) is 2.97. The molecule has 0 saturated heterocycles. The highest BCUT2D eigenvalue weighted by Crippen LogP contribution is 2.28. The number of amides is 1. The van der Waals surface area contributed by atoms with Gasteiger partial charge in [0.15, 0.2) is 0 Å². The predicted molar refractivity (Wildman–Crippen MR) is 81.5 cm³/mol. The van der Waals surface area contributed by atoms with E-state index in [-0.39, 0.29) is 12.5 Å². The number of hydrogen-bond acceptors (Lipinski definition) is 4. The summed E-state index contributed by atoms with van der Waals surface area (Å²) in [7, 11) is 0. The normalized spacial score (nSPS) is 10.4. The monoisotopic (exact) mass is 304 g/mol. The highest BCUT2D eigenvalue weighted by molar-refractivity contribution is 7.17. The van der Waals surface area contributed by atoms with Gasteiger partial charge in [0.1, 0.15) is 16.4 Å². The van der Waals surface area contributed by atoms with Gasteiger partial charge in [-0.25, -0.2) is 4.98 Å². The molecule has 1 N–H and O–H groups in total. The van der Waals surface area contributed by atoms with Crippen LogP contribution in [-0.2, 0) is 4.79 Å². The Hall–Kier alpha value is -2.21. The van der Waals surface area contributed by atoms with Crippen LogP contribution in [0.25, 0.3) is 10.6 Å². The first-order valence-corrected chi connectivity index (χ1v) is 7.38. The van der Waals surface area contributed by atoms with Crippen molar-refractivity contribution in [3.63, 3.8) is 0 Å². The van der Waals surface area contributed by atoms with Gasteiger partial charge in [0, 0.05) is 12.1 Å². The lowest BCUT2D eigenvalue weighted by atomic mass is 10.2. The summed E-state index contributed by atoms with van der Waals surface area (Å²) < 4.78 is 0. The second kappa shape index (κ2) is 6.49. The summed E-state index contributed by atoms with van der Waals surface area (Å²) >= 11 is 1.30. The molecule has 0 unspecified atom stereocenters. The molecule has 6 heteroatoms. The predicted octanol–water partition coefficient (Wildman–Crippen LogP) is 2.67. The maximum Gasteiger partial charge on any atom is 0.323 e. The van der Waals surface area contributed by atoms with Crippen LogP contribution in [0.2, 0.25) is 0 Å². The molecule has 0 aliphatic carbocycles. The molecule has 5 nitrogen and oxygen atoms in total. The third-order valence-corrected chi connectivity index (χ3v) is 4.20. The SMILES string of the molecule is CCN(CC(=O)O)C(=O)c1sc(-c2ccccc2)nc1C. The summed E-state index contributed by atoms with van der Waals surface area (Å²) in [6.45, 7) is 3.58. The number of aryl methyl sites for hydroxylation is 1. The minimum Gasteiger partial charge on any atom is -0.480 e. The molecule has 1 heterocycles. The molecule has 1 aromatic heterocycles. The maximum absolute atomic E-state index is 12.4. The summed E-state index contributed by atoms with van der Waals surface area (Å²) in [5.41, 5.74) is 1.58. The fraction of sp³-hybridized carbons (Fsp3) is 0.267. The zero-order valence-corrected chi connectivity index (χ0v) is 12.7. The largest absolute Gasteiger partial charge is 0.480 e. The van der Waals surface area contributed by atoms with E-state index in [0.717, 1.165) is 10.6 Å². The van der Waals surface area contributed by atoms with Gasteiger partial charge in [-0.2, -0.15) is 0 Å². The van der Waals surface area contributed by atoms with Gasteiger partial charge in [0.05, 0.1) is 5.69 Å². The molecule has 1 amide bonds. The van der Waals surface area contributed by atoms with Crippen molar-refractivity contribution < 1.29 is 14.7 Å². The lowest BCUT2D eigenvalue weighted by Crippen LogP contribution is -2.35. The number of nitrogens with zero attached hydrogens (tertiary/aromatic N) is 2. The third kappa shape index (κ3) is 3.46. The van der Waals surface area contributed by atoms with Crippen molar-refractivity contribution in [1.29, 1.82) is 0 Å². The van der Waals surface area contributed by atoms with Gasteiger partial charge in [-0.15, -0.1) is 11.3 Å². The first-order valence-electron chi connectivity index (χ1n) is 6.56. The Morgan fingerprint density at radius 2 is 1.95 bits per heavy atom. The number of carbonyl (C=O) groups is 2. The highest BCUT2D eigenvalue weighted by Gasteiger charge is 2.22. The molecule has 2 aromatic rings. The summed E-state index contributed by atoms with van der Waals surface area (Å²) in [5, 5.41) is 9.62. The van der Waals surface area contributed by atoms with Gasteiger partial charge in [-0.1, -0.05) is 30.3 Å². The summed E-state index contributed by atoms with van der Waals surface area (Å²) in [6, 6.07) is 9.61. The molecule has 0 saturated carbocycles. The standard InChI is InChI=1S/C15H16N2O3S/c1-3-17(9-12(18)19)15(20)13-10(2)16-14(21-13)11-7-5-4-6-8-11/h4-8H,3,9H2,1-2H3,(H,18,19). The van der Waals surface area contributed by atoms with Crippen LogP contribution in [0, 0.1) is 6.92 Å². The van der Waals surface area contributed by atoms with Gasteiger partial charge >= 0.3 is 5.97 Å². The Morgan fingerprint density at radius 3 is 2.52 bits per heavy atom. The smallest absolute Gasteiger partial charge is 0.323 e. The number of aromatic nitrogens is 1. The molecule has 0 bridgehead atoms. The minimum absolute atomic E-state index is 0.280. The number of hydrogen-bond donors (Lipinski definition) is 1. The summed E-state index contributed by atoms with van der Waals surface area (Å²) in [4.78, 5) is 29.4. The molecule has 21 heavy (non-hydrogen) atoms. The maximum atomic E-state index is 12.4. The number of carboxylic acids is 1. The highest BCUT2D eigenvalue weighted by atomic mass is 32.1. The molecule has 0 fully saturated rings. The Bertz CT molecular complexity index is 652. The van der Waals surface area contributed by atoms with Gasteiger partial charge in [-0.05, 0) is 13.8 Å². The van der Waals surface area contributed by atoms with E-state index in [1.54, 1.807) is 13.8 Å². The van der Waals surface area contributed by atoms with Crippen molar-refractivity contribution in [2.24, 2.45) is 0 Å². The van der Waals surface area contributed by atoms with Crippen LogP contribution in [0.4, 0.5) is 0 Å². The summed E-state index contributed by atoms with van der Waals surface area (Å²) in [6.07, 6.45) is 0. The van der Waals surface area contributed by atoms with Crippen molar-refractivity contribution in [1.82, 2.24) is 9.88 Å². The van der Waals surface area contributed by atoms with Crippen molar-refractivity contribution in [2.45, 2.75) is 13.8 Å². The molecule has 0 aliphatic rings. The molecule has 2 rings (SSSR count). The molecule has 1 aromatic carbocycles. The third-order valence-electron chi connectivity index (χ3n) is 3.01. The second-order valence-corrected chi connectivity index (χ2v) is 5.51. The minimum atomic E-state index is -1.02. The number of likely N-dealkylation sites (N-methyl/N-ethyl adjacent to an activating group) is 1. The quantitative estimate of drug-likeness (QED) is 0.922. The van der Waals surface area contributed by atoms with Crippen LogP contribution < -0.4 is 0 Å². The van der Waals surface area contributed by atoms with Gasteiger partial charge < -0.3 is 10.0 Å². The van der Waals surface area contributed by atoms with E-state index in [4.69, 9.17) is 5.11 Å². The average Bonchev–Trinajstić information content (AvgIpc) is 2.87. The van der Waals surface area contributed by atoms with Crippen molar-refractivity contribution in [3.8, 4) is 10.6 Å². The first kappa shape index (κ1) is 15.2. The van der Waals surface area contributed by atoms with Crippen molar-refractivity contribution in [3.05, 3.63) is 40.9 Å². The molecular formula is C15H16N2O3S. The zero-order chi connectivity index (χ0) is 15.4. The second-order valence-electron chi connectivity index (χ2n) is 4.51. The first-order chi connectivity index (χ1) is 10.0. The van der Waals surface area contributed by atoms with Crippen LogP contribution in [0.1, 0.15) is 22.3 Å². The number of rotatable bonds is 5. The molecular weight excluding hydrogens is 288 g/mol. The van der Waals surface area contributed by atoms with Crippen LogP contribution in [-0.4, -0.2) is 40.0 Å². The topological polar surface area (TPSA) is 70.5 Å². The van der Waals surface area contributed by atoms with E-state index in [9.17, 15) is 9.59 Å². The molecule has 0 atom stereocenters. The fourth-order valence-electron chi connectivity index (χ4n) is 1.93. The Balaban J connectivity index is 2.30. The van der Waals surface area contributed by atoms with Crippen LogP contribution in [0.5, 0.6) is 0 Å². The molecule has 110 valence electrons. The lowest BCUT2D eigenvalue weighted by Gasteiger charge is -2.17. The lowest BCUT2D eigenvalue weighted by molar-refractivity contribution is -0.137. The number of aliphatic carboxylic acids is 1. The molecule has 0 aliphatic heterocycles. The Kier molecular flexibility index (Phi) is 4.70. The van der Waals surface area contributed by atoms with E-state index in [1.807, 2.05) is 30.3 Å². The molecule has 0 spiro atoms. The Morgan fingerprint density at radius 1 is 1.29 bits per heavy atom. The van der Waals surface area contributed by atoms with E-state index in [0.29, 0.717) is 17.1 Å². The average molecular weight is 304 g/mol. The van der Waals surface area contributed by atoms with Crippen LogP contribution in [0.3, 0.4) is 0 Å². The van der Waals surface area contributed by atoms with Crippen LogP contribution >= 0.6 is 11.3 Å². The van der Waals surface area contributed by atoms with Gasteiger partial charge in [0.2, 0.25) is 0 Å². The van der Waals surface area contributed by atoms with E-state index < -0.39 is 5.97 Å². The van der Waals surface area contributed by atoms with Gasteiger partial charge in [0.25, 0.3) is 5.91 Å². The molecule has 0 radical (unpaired) electrons. The Labute approximate surface area is 126 Å². The van der Waals surface area contributed by atoms with Crippen LogP contribution in [0.15, 0.2) is 30.3 Å². The number of carboxylic acid groups (broad SMARTS) is 1. The van der Waals surface area contributed by atoms with E-state index in [1.165, 1.54) is 16.2 Å².